The highest BCUT2D eigenvalue weighted by Crippen LogP contribution is 2.22. The van der Waals surface area contributed by atoms with E-state index in [1.165, 1.54) is 11.8 Å². The van der Waals surface area contributed by atoms with E-state index in [0.29, 0.717) is 6.54 Å². The Labute approximate surface area is 117 Å². The molecule has 1 aromatic carbocycles. The second-order valence-electron chi connectivity index (χ2n) is 4.22. The lowest BCUT2D eigenvalue weighted by atomic mass is 10.1. The number of hydrogen-bond donors (Lipinski definition) is 2. The summed E-state index contributed by atoms with van der Waals surface area (Å²) in [5, 5.41) is 3.36. The van der Waals surface area contributed by atoms with E-state index < -0.39 is 10.0 Å². The topological polar surface area (TPSA) is 58.2 Å². The number of halogens is 1. The molecule has 4 nitrogen and oxygen atoms in total. The molecule has 102 valence electrons. The molecule has 6 heteroatoms. The summed E-state index contributed by atoms with van der Waals surface area (Å²) in [6, 6.07) is 8.30. The molecule has 1 atom stereocenters. The molecule has 0 amide bonds. The molecule has 0 bridgehead atoms. The van der Waals surface area contributed by atoms with Crippen LogP contribution in [0.3, 0.4) is 0 Å². The van der Waals surface area contributed by atoms with Gasteiger partial charge < -0.3 is 5.32 Å². The van der Waals surface area contributed by atoms with Crippen LogP contribution in [0, 0.1) is 0 Å². The molecule has 0 aliphatic heterocycles. The van der Waals surface area contributed by atoms with Crippen molar-refractivity contribution in [2.75, 3.05) is 19.3 Å². The molecule has 0 unspecified atom stereocenters. The number of benzene rings is 1. The number of sulfonamides is 1. The van der Waals surface area contributed by atoms with Gasteiger partial charge in [-0.2, -0.15) is 0 Å². The maximum Gasteiger partial charge on any atom is 0.208 e. The third-order valence-electron chi connectivity index (χ3n) is 2.54. The average Bonchev–Trinajstić information content (AvgIpc) is 2.27. The second-order valence-corrected chi connectivity index (χ2v) is 6.90. The Morgan fingerprint density at radius 2 is 1.94 bits per heavy atom. The molecular weight excluding hydrogens is 316 g/mol. The predicted molar refractivity (Wildman–Crippen MR) is 78.0 cm³/mol. The minimum atomic E-state index is -3.07. The highest BCUT2D eigenvalue weighted by molar-refractivity contribution is 9.10. The van der Waals surface area contributed by atoms with Crippen molar-refractivity contribution in [2.24, 2.45) is 0 Å². The summed E-state index contributed by atoms with van der Waals surface area (Å²) in [5.41, 5.74) is 1.20. The van der Waals surface area contributed by atoms with Gasteiger partial charge in [-0.15, -0.1) is 0 Å². The maximum atomic E-state index is 10.9. The first-order valence-electron chi connectivity index (χ1n) is 5.82. The minimum Gasteiger partial charge on any atom is -0.310 e. The van der Waals surface area contributed by atoms with Gasteiger partial charge in [0.15, 0.2) is 0 Å². The van der Waals surface area contributed by atoms with E-state index in [9.17, 15) is 8.42 Å². The van der Waals surface area contributed by atoms with Crippen molar-refractivity contribution in [3.8, 4) is 0 Å². The average molecular weight is 335 g/mol. The van der Waals surface area contributed by atoms with E-state index in [0.717, 1.165) is 17.4 Å². The normalized spacial score (nSPS) is 13.5. The van der Waals surface area contributed by atoms with E-state index in [1.54, 1.807) is 0 Å². The molecule has 0 radical (unpaired) electrons. The van der Waals surface area contributed by atoms with Crippen LogP contribution in [-0.4, -0.2) is 27.8 Å². The van der Waals surface area contributed by atoms with Crippen LogP contribution in [0.15, 0.2) is 28.7 Å². The van der Waals surface area contributed by atoms with Crippen LogP contribution in [-0.2, 0) is 10.0 Å². The van der Waals surface area contributed by atoms with Gasteiger partial charge >= 0.3 is 0 Å². The Balaban J connectivity index is 2.30. The van der Waals surface area contributed by atoms with Crippen LogP contribution in [0.5, 0.6) is 0 Å². The molecule has 0 aliphatic rings. The van der Waals surface area contributed by atoms with Gasteiger partial charge in [0.2, 0.25) is 10.0 Å². The Bertz CT molecular complexity index is 477. The molecule has 0 aromatic heterocycles. The second kappa shape index (κ2) is 7.23. The van der Waals surface area contributed by atoms with Crippen LogP contribution in [0.2, 0.25) is 0 Å². The molecule has 1 aromatic rings. The summed E-state index contributed by atoms with van der Waals surface area (Å²) >= 11 is 3.51. The SMILES string of the molecule is C[C@H](NCCCNS(C)(=O)=O)c1ccccc1Br. The van der Waals surface area contributed by atoms with Crippen LogP contribution in [0.4, 0.5) is 0 Å². The molecule has 0 spiro atoms. The van der Waals surface area contributed by atoms with Crippen LogP contribution < -0.4 is 10.0 Å². The predicted octanol–water partition coefficient (Wildman–Crippen LogP) is 2.04. The van der Waals surface area contributed by atoms with Crippen molar-refractivity contribution in [3.05, 3.63) is 34.3 Å². The fourth-order valence-corrected chi connectivity index (χ4v) is 2.74. The van der Waals surface area contributed by atoms with Gasteiger partial charge in [-0.3, -0.25) is 0 Å². The zero-order valence-corrected chi connectivity index (χ0v) is 13.0. The van der Waals surface area contributed by atoms with Gasteiger partial charge in [-0.1, -0.05) is 34.1 Å². The molecule has 0 saturated carbocycles. The molecule has 0 heterocycles. The van der Waals surface area contributed by atoms with E-state index in [1.807, 2.05) is 18.2 Å². The van der Waals surface area contributed by atoms with Crippen LogP contribution in [0.25, 0.3) is 0 Å². The minimum absolute atomic E-state index is 0.235. The van der Waals surface area contributed by atoms with E-state index in [4.69, 9.17) is 0 Å². The lowest BCUT2D eigenvalue weighted by molar-refractivity contribution is 0.547. The monoisotopic (exact) mass is 334 g/mol. The zero-order valence-electron chi connectivity index (χ0n) is 10.6. The zero-order chi connectivity index (χ0) is 13.6. The standard InChI is InChI=1S/C12H19BrN2O2S/c1-10(11-6-3-4-7-12(11)13)14-8-5-9-15-18(2,16)17/h3-4,6-7,10,14-15H,5,8-9H2,1-2H3/t10-/m0/s1. The van der Waals surface area contributed by atoms with E-state index in [-0.39, 0.29) is 6.04 Å². The largest absolute Gasteiger partial charge is 0.310 e. The summed E-state index contributed by atoms with van der Waals surface area (Å²) in [5.74, 6) is 0. The number of nitrogens with one attached hydrogen (secondary N) is 2. The smallest absolute Gasteiger partial charge is 0.208 e. The van der Waals surface area contributed by atoms with Crippen molar-refractivity contribution in [1.82, 2.24) is 10.0 Å². The molecule has 0 fully saturated rings. The fraction of sp³-hybridized carbons (Fsp3) is 0.500. The van der Waals surface area contributed by atoms with Crippen molar-refractivity contribution in [2.45, 2.75) is 19.4 Å². The third-order valence-corrected chi connectivity index (χ3v) is 3.99. The first-order chi connectivity index (χ1) is 8.40. The number of rotatable bonds is 7. The van der Waals surface area contributed by atoms with Gasteiger partial charge in [-0.25, -0.2) is 13.1 Å². The molecule has 2 N–H and O–H groups in total. The Morgan fingerprint density at radius 1 is 1.28 bits per heavy atom. The first-order valence-corrected chi connectivity index (χ1v) is 8.51. The quantitative estimate of drug-likeness (QED) is 0.750. The molecular formula is C12H19BrN2O2S. The van der Waals surface area contributed by atoms with Crippen molar-refractivity contribution in [1.29, 1.82) is 0 Å². The highest BCUT2D eigenvalue weighted by atomic mass is 79.9. The third kappa shape index (κ3) is 5.95. The lowest BCUT2D eigenvalue weighted by Gasteiger charge is -2.15. The number of hydrogen-bond acceptors (Lipinski definition) is 3. The van der Waals surface area contributed by atoms with Gasteiger partial charge in [0, 0.05) is 17.1 Å². The molecule has 1 rings (SSSR count). The van der Waals surface area contributed by atoms with Crippen molar-refractivity contribution >= 4 is 26.0 Å². The maximum absolute atomic E-state index is 10.9. The lowest BCUT2D eigenvalue weighted by Crippen LogP contribution is -2.27. The van der Waals surface area contributed by atoms with Crippen molar-refractivity contribution < 1.29 is 8.42 Å². The summed E-state index contributed by atoms with van der Waals surface area (Å²) in [7, 11) is -3.07. The van der Waals surface area contributed by atoms with Gasteiger partial charge in [0.25, 0.3) is 0 Å². The Hall–Kier alpha value is -0.430. The summed E-state index contributed by atoms with van der Waals surface area (Å²) in [6.45, 7) is 3.32. The van der Waals surface area contributed by atoms with E-state index in [2.05, 4.69) is 39.0 Å². The van der Waals surface area contributed by atoms with Crippen LogP contribution >= 0.6 is 15.9 Å². The summed E-state index contributed by atoms with van der Waals surface area (Å²) in [4.78, 5) is 0. The molecule has 18 heavy (non-hydrogen) atoms. The van der Waals surface area contributed by atoms with E-state index >= 15 is 0 Å². The molecule has 0 saturated heterocycles. The summed E-state index contributed by atoms with van der Waals surface area (Å²) < 4.78 is 25.3. The first kappa shape index (κ1) is 15.6. The van der Waals surface area contributed by atoms with Crippen molar-refractivity contribution in [3.63, 3.8) is 0 Å². The Kier molecular flexibility index (Phi) is 6.28. The fourth-order valence-electron chi connectivity index (χ4n) is 1.60. The van der Waals surface area contributed by atoms with Gasteiger partial charge in [-0.05, 0) is 31.5 Å². The van der Waals surface area contributed by atoms with Gasteiger partial charge in [0.1, 0.15) is 0 Å². The Morgan fingerprint density at radius 3 is 2.56 bits per heavy atom. The van der Waals surface area contributed by atoms with Crippen LogP contribution in [0.1, 0.15) is 24.9 Å². The molecule has 0 aliphatic carbocycles. The van der Waals surface area contributed by atoms with Gasteiger partial charge in [0.05, 0.1) is 6.26 Å². The highest BCUT2D eigenvalue weighted by Gasteiger charge is 2.07. The summed E-state index contributed by atoms with van der Waals surface area (Å²) in [6.07, 6.45) is 1.94.